The maximum absolute atomic E-state index is 4.66. The predicted octanol–water partition coefficient (Wildman–Crippen LogP) is 3.81. The number of aromatic nitrogens is 3. The molecule has 1 N–H and O–H groups in total. The van der Waals surface area contributed by atoms with Crippen LogP contribution in [0.25, 0.3) is 0 Å². The summed E-state index contributed by atoms with van der Waals surface area (Å²) in [4.78, 5) is 18.3. The van der Waals surface area contributed by atoms with Gasteiger partial charge in [0.1, 0.15) is 23.3 Å². The van der Waals surface area contributed by atoms with Gasteiger partial charge in [-0.2, -0.15) is 0 Å². The van der Waals surface area contributed by atoms with Crippen LogP contribution in [0.4, 0.5) is 23.1 Å². The van der Waals surface area contributed by atoms with Crippen LogP contribution in [0.5, 0.6) is 0 Å². The van der Waals surface area contributed by atoms with E-state index in [0.29, 0.717) is 0 Å². The van der Waals surface area contributed by atoms with Crippen LogP contribution >= 0.6 is 0 Å². The lowest BCUT2D eigenvalue weighted by Crippen LogP contribution is -2.47. The van der Waals surface area contributed by atoms with Gasteiger partial charge in [-0.3, -0.25) is 0 Å². The fourth-order valence-electron chi connectivity index (χ4n) is 3.46. The fourth-order valence-corrected chi connectivity index (χ4v) is 3.46. The highest BCUT2D eigenvalue weighted by Gasteiger charge is 2.19. The summed E-state index contributed by atoms with van der Waals surface area (Å²) in [5, 5.41) is 3.41. The molecule has 1 saturated heterocycles. The molecule has 1 aliphatic heterocycles. The van der Waals surface area contributed by atoms with E-state index in [4.69, 9.17) is 0 Å². The Morgan fingerprint density at radius 3 is 2.25 bits per heavy atom. The zero-order valence-electron chi connectivity index (χ0n) is 16.5. The molecule has 6 heteroatoms. The summed E-state index contributed by atoms with van der Waals surface area (Å²) >= 11 is 0. The van der Waals surface area contributed by atoms with Crippen molar-refractivity contribution in [3.63, 3.8) is 0 Å². The number of hydrogen-bond donors (Lipinski definition) is 1. The molecule has 0 atom stereocenters. The quantitative estimate of drug-likeness (QED) is 0.733. The van der Waals surface area contributed by atoms with E-state index >= 15 is 0 Å². The van der Waals surface area contributed by atoms with Crippen molar-refractivity contribution in [1.29, 1.82) is 0 Å². The van der Waals surface area contributed by atoms with Crippen LogP contribution in [0.15, 0.2) is 54.7 Å². The lowest BCUT2D eigenvalue weighted by molar-refractivity contribution is 0.640. The SMILES string of the molecule is CCc1ccc(Nc2cc(N3CCN(c4ccccn4)CC3)nc(C)n2)cc1. The average Bonchev–Trinajstić information content (AvgIpc) is 2.75. The van der Waals surface area contributed by atoms with Crippen molar-refractivity contribution in [3.05, 3.63) is 66.1 Å². The van der Waals surface area contributed by atoms with Gasteiger partial charge in [-0.25, -0.2) is 15.0 Å². The van der Waals surface area contributed by atoms with E-state index in [9.17, 15) is 0 Å². The lowest BCUT2D eigenvalue weighted by atomic mass is 10.1. The number of rotatable bonds is 5. The first-order chi connectivity index (χ1) is 13.7. The molecule has 1 fully saturated rings. The normalized spacial score (nSPS) is 14.2. The molecule has 0 unspecified atom stereocenters. The predicted molar refractivity (Wildman–Crippen MR) is 115 cm³/mol. The van der Waals surface area contributed by atoms with Crippen molar-refractivity contribution in [3.8, 4) is 0 Å². The highest BCUT2D eigenvalue weighted by molar-refractivity contribution is 5.60. The van der Waals surface area contributed by atoms with E-state index in [2.05, 4.69) is 67.3 Å². The minimum Gasteiger partial charge on any atom is -0.353 e. The second-order valence-electron chi connectivity index (χ2n) is 7.00. The fraction of sp³-hybridized carbons (Fsp3) is 0.318. The summed E-state index contributed by atoms with van der Waals surface area (Å²) in [5.41, 5.74) is 2.37. The Hall–Kier alpha value is -3.15. The molecular formula is C22H26N6. The Bertz CT molecular complexity index is 902. The van der Waals surface area contributed by atoms with Crippen LogP contribution in [0.2, 0.25) is 0 Å². The van der Waals surface area contributed by atoms with Gasteiger partial charge in [0.15, 0.2) is 0 Å². The molecule has 1 aromatic carbocycles. The number of nitrogens with one attached hydrogen (secondary N) is 1. The molecule has 1 aliphatic rings. The van der Waals surface area contributed by atoms with E-state index in [0.717, 1.165) is 61.6 Å². The Morgan fingerprint density at radius 1 is 0.893 bits per heavy atom. The van der Waals surface area contributed by atoms with Crippen molar-refractivity contribution in [2.75, 3.05) is 41.3 Å². The van der Waals surface area contributed by atoms with Gasteiger partial charge in [0.2, 0.25) is 0 Å². The summed E-state index contributed by atoms with van der Waals surface area (Å²) in [6.45, 7) is 7.80. The molecule has 3 heterocycles. The second kappa shape index (κ2) is 8.25. The molecule has 0 amide bonds. The molecular weight excluding hydrogens is 348 g/mol. The first kappa shape index (κ1) is 18.2. The smallest absolute Gasteiger partial charge is 0.136 e. The van der Waals surface area contributed by atoms with Crippen LogP contribution in [0.1, 0.15) is 18.3 Å². The van der Waals surface area contributed by atoms with Crippen molar-refractivity contribution in [2.24, 2.45) is 0 Å². The van der Waals surface area contributed by atoms with Crippen LogP contribution in [0, 0.1) is 6.92 Å². The number of hydrogen-bond acceptors (Lipinski definition) is 6. The van der Waals surface area contributed by atoms with Gasteiger partial charge in [-0.15, -0.1) is 0 Å². The molecule has 4 rings (SSSR count). The first-order valence-corrected chi connectivity index (χ1v) is 9.84. The van der Waals surface area contributed by atoms with Crippen LogP contribution in [-0.4, -0.2) is 41.1 Å². The van der Waals surface area contributed by atoms with Gasteiger partial charge in [0, 0.05) is 44.1 Å². The van der Waals surface area contributed by atoms with Gasteiger partial charge in [-0.05, 0) is 43.2 Å². The van der Waals surface area contributed by atoms with Crippen LogP contribution < -0.4 is 15.1 Å². The Balaban J connectivity index is 1.45. The van der Waals surface area contributed by atoms with Crippen molar-refractivity contribution in [1.82, 2.24) is 15.0 Å². The van der Waals surface area contributed by atoms with Crippen LogP contribution in [0.3, 0.4) is 0 Å². The third-order valence-electron chi connectivity index (χ3n) is 5.04. The van der Waals surface area contributed by atoms with E-state index in [-0.39, 0.29) is 0 Å². The average molecular weight is 374 g/mol. The number of nitrogens with zero attached hydrogens (tertiary/aromatic N) is 5. The molecule has 28 heavy (non-hydrogen) atoms. The van der Waals surface area contributed by atoms with E-state index in [1.54, 1.807) is 0 Å². The Labute approximate surface area is 166 Å². The standard InChI is InChI=1S/C22H26N6/c1-3-18-7-9-19(10-8-18)26-20-16-22(25-17(2)24-20)28-14-12-27(13-15-28)21-6-4-5-11-23-21/h4-11,16H,3,12-15H2,1-2H3,(H,24,25,26). The van der Waals surface area contributed by atoms with Gasteiger partial charge < -0.3 is 15.1 Å². The zero-order chi connectivity index (χ0) is 19.3. The molecule has 3 aromatic rings. The van der Waals surface area contributed by atoms with E-state index in [1.165, 1.54) is 5.56 Å². The molecule has 0 radical (unpaired) electrons. The topological polar surface area (TPSA) is 57.2 Å². The maximum atomic E-state index is 4.66. The minimum absolute atomic E-state index is 0.775. The van der Waals surface area contributed by atoms with Crippen molar-refractivity contribution < 1.29 is 0 Å². The molecule has 2 aromatic heterocycles. The number of pyridine rings is 1. The summed E-state index contributed by atoms with van der Waals surface area (Å²) in [6, 6.07) is 16.6. The zero-order valence-corrected chi connectivity index (χ0v) is 16.5. The maximum Gasteiger partial charge on any atom is 0.136 e. The minimum atomic E-state index is 0.775. The van der Waals surface area contributed by atoms with E-state index < -0.39 is 0 Å². The molecule has 6 nitrogen and oxygen atoms in total. The number of anilines is 4. The number of piperazine rings is 1. The van der Waals surface area contributed by atoms with Crippen LogP contribution in [-0.2, 0) is 6.42 Å². The third-order valence-corrected chi connectivity index (χ3v) is 5.04. The molecule has 0 saturated carbocycles. The largest absolute Gasteiger partial charge is 0.353 e. The highest BCUT2D eigenvalue weighted by atomic mass is 15.3. The Kier molecular flexibility index (Phi) is 5.37. The number of aryl methyl sites for hydroxylation is 2. The molecule has 0 aliphatic carbocycles. The first-order valence-electron chi connectivity index (χ1n) is 9.84. The van der Waals surface area contributed by atoms with Gasteiger partial charge in [-0.1, -0.05) is 25.1 Å². The second-order valence-corrected chi connectivity index (χ2v) is 7.00. The number of benzene rings is 1. The third kappa shape index (κ3) is 4.22. The van der Waals surface area contributed by atoms with Crippen molar-refractivity contribution in [2.45, 2.75) is 20.3 Å². The summed E-state index contributed by atoms with van der Waals surface area (Å²) in [6.07, 6.45) is 2.89. The lowest BCUT2D eigenvalue weighted by Gasteiger charge is -2.36. The summed E-state index contributed by atoms with van der Waals surface area (Å²) in [7, 11) is 0. The van der Waals surface area contributed by atoms with Crippen molar-refractivity contribution >= 4 is 23.1 Å². The Morgan fingerprint density at radius 2 is 1.61 bits per heavy atom. The van der Waals surface area contributed by atoms with Gasteiger partial charge in [0.25, 0.3) is 0 Å². The van der Waals surface area contributed by atoms with Gasteiger partial charge >= 0.3 is 0 Å². The molecule has 0 bridgehead atoms. The molecule has 144 valence electrons. The van der Waals surface area contributed by atoms with Gasteiger partial charge in [0.05, 0.1) is 0 Å². The summed E-state index contributed by atoms with van der Waals surface area (Å²) < 4.78 is 0. The molecule has 0 spiro atoms. The highest BCUT2D eigenvalue weighted by Crippen LogP contribution is 2.22. The summed E-state index contributed by atoms with van der Waals surface area (Å²) in [5.74, 6) is 3.62. The van der Waals surface area contributed by atoms with E-state index in [1.807, 2.05) is 31.3 Å². The monoisotopic (exact) mass is 374 g/mol.